The monoisotopic (exact) mass is 259 g/mol. The van der Waals surface area contributed by atoms with E-state index in [-0.39, 0.29) is 6.04 Å². The number of thioether (sulfide) groups is 1. The fourth-order valence-corrected chi connectivity index (χ4v) is 1.93. The van der Waals surface area contributed by atoms with E-state index in [2.05, 4.69) is 25.9 Å². The van der Waals surface area contributed by atoms with E-state index in [0.717, 1.165) is 12.5 Å². The van der Waals surface area contributed by atoms with Gasteiger partial charge in [-0.15, -0.1) is 0 Å². The quantitative estimate of drug-likeness (QED) is 0.469. The van der Waals surface area contributed by atoms with E-state index >= 15 is 0 Å². The number of aliphatic imine (C=N–C) groups is 2. The first-order chi connectivity index (χ1) is 8.12. The summed E-state index contributed by atoms with van der Waals surface area (Å²) in [6, 6.07) is 0.232. The van der Waals surface area contributed by atoms with E-state index in [4.69, 9.17) is 4.74 Å². The van der Waals surface area contributed by atoms with E-state index in [1.54, 1.807) is 25.2 Å². The fraction of sp³-hybridized carbons (Fsp3) is 0.800. The van der Waals surface area contributed by atoms with Crippen LogP contribution in [0.25, 0.3) is 0 Å². The summed E-state index contributed by atoms with van der Waals surface area (Å²) in [5.74, 6) is 0.731. The summed E-state index contributed by atoms with van der Waals surface area (Å²) in [5, 5.41) is 8.98. The third kappa shape index (κ3) is 4.53. The minimum atomic E-state index is -0.558. The largest absolute Gasteiger partial charge is 0.383 e. The van der Waals surface area contributed by atoms with Crippen LogP contribution in [-0.4, -0.2) is 50.0 Å². The zero-order chi connectivity index (χ0) is 12.7. The second kappa shape index (κ2) is 6.83. The van der Waals surface area contributed by atoms with Gasteiger partial charge in [0.25, 0.3) is 0 Å². The summed E-state index contributed by atoms with van der Waals surface area (Å²) in [6.45, 7) is 5.42. The molecule has 0 aromatic carbocycles. The van der Waals surface area contributed by atoms with Crippen LogP contribution in [0.3, 0.4) is 0 Å². The van der Waals surface area contributed by atoms with Gasteiger partial charge in [-0.3, -0.25) is 10.3 Å². The van der Waals surface area contributed by atoms with Crippen molar-refractivity contribution >= 4 is 24.1 Å². The van der Waals surface area contributed by atoms with Gasteiger partial charge in [0.1, 0.15) is 0 Å². The molecule has 7 heteroatoms. The van der Waals surface area contributed by atoms with Crippen molar-refractivity contribution in [3.05, 3.63) is 0 Å². The number of methoxy groups -OCH3 is 1. The lowest BCUT2D eigenvalue weighted by molar-refractivity contribution is 0.192. The van der Waals surface area contributed by atoms with Crippen molar-refractivity contribution < 1.29 is 4.74 Å². The van der Waals surface area contributed by atoms with Crippen LogP contribution in [0.1, 0.15) is 13.8 Å². The Labute approximate surface area is 107 Å². The van der Waals surface area contributed by atoms with E-state index in [1.165, 1.54) is 0 Å². The van der Waals surface area contributed by atoms with Gasteiger partial charge in [0, 0.05) is 19.7 Å². The van der Waals surface area contributed by atoms with Crippen LogP contribution in [0.2, 0.25) is 0 Å². The van der Waals surface area contributed by atoms with Crippen LogP contribution in [0.4, 0.5) is 0 Å². The second-order valence-electron chi connectivity index (χ2n) is 3.87. The lowest BCUT2D eigenvalue weighted by Gasteiger charge is -2.34. The number of rotatable bonds is 6. The summed E-state index contributed by atoms with van der Waals surface area (Å²) in [4.78, 5) is 8.80. The fourth-order valence-electron chi connectivity index (χ4n) is 1.33. The highest BCUT2D eigenvalue weighted by Gasteiger charge is 2.30. The van der Waals surface area contributed by atoms with E-state index in [9.17, 15) is 0 Å². The number of guanidine groups is 1. The molecule has 0 aliphatic carbocycles. The van der Waals surface area contributed by atoms with Gasteiger partial charge < -0.3 is 15.4 Å². The average molecular weight is 259 g/mol. The van der Waals surface area contributed by atoms with Crippen molar-refractivity contribution in [2.45, 2.75) is 25.0 Å². The van der Waals surface area contributed by atoms with Gasteiger partial charge in [-0.05, 0) is 20.1 Å². The van der Waals surface area contributed by atoms with E-state index < -0.39 is 5.12 Å². The van der Waals surface area contributed by atoms with Crippen LogP contribution >= 0.6 is 11.8 Å². The van der Waals surface area contributed by atoms with Crippen molar-refractivity contribution in [3.63, 3.8) is 0 Å². The predicted octanol–water partition coefficient (Wildman–Crippen LogP) is 0.182. The second-order valence-corrected chi connectivity index (χ2v) is 4.87. The average Bonchev–Trinajstić information content (AvgIpc) is 2.29. The molecule has 0 saturated heterocycles. The first-order valence-corrected chi connectivity index (χ1v) is 6.79. The maximum Gasteiger partial charge on any atom is 0.238 e. The molecule has 0 saturated carbocycles. The smallest absolute Gasteiger partial charge is 0.238 e. The number of ether oxygens (including phenoxy) is 1. The Hall–Kier alpha value is -0.790. The molecule has 0 aromatic heterocycles. The van der Waals surface area contributed by atoms with Crippen LogP contribution in [0.15, 0.2) is 9.98 Å². The summed E-state index contributed by atoms with van der Waals surface area (Å²) >= 11 is 1.58. The first-order valence-electron chi connectivity index (χ1n) is 5.57. The Kier molecular flexibility index (Phi) is 5.73. The van der Waals surface area contributed by atoms with Gasteiger partial charge in [-0.25, -0.2) is 4.99 Å². The third-order valence-corrected chi connectivity index (χ3v) is 3.03. The highest BCUT2D eigenvalue weighted by atomic mass is 32.2. The summed E-state index contributed by atoms with van der Waals surface area (Å²) < 4.78 is 5.02. The Morgan fingerprint density at radius 3 is 3.00 bits per heavy atom. The molecule has 0 aromatic rings. The molecule has 6 nitrogen and oxygen atoms in total. The lowest BCUT2D eigenvalue weighted by atomic mass is 10.4. The molecule has 1 rings (SSSR count). The number of hydrogen-bond donors (Lipinski definition) is 3. The zero-order valence-electron chi connectivity index (χ0n) is 10.8. The molecule has 17 heavy (non-hydrogen) atoms. The molecule has 98 valence electrons. The molecule has 1 heterocycles. The van der Waals surface area contributed by atoms with Crippen molar-refractivity contribution in [3.8, 4) is 0 Å². The molecule has 0 radical (unpaired) electrons. The van der Waals surface area contributed by atoms with E-state index in [1.807, 2.05) is 20.1 Å². The van der Waals surface area contributed by atoms with Crippen LogP contribution in [-0.2, 0) is 4.74 Å². The first kappa shape index (κ1) is 14.3. The van der Waals surface area contributed by atoms with Gasteiger partial charge in [-0.1, -0.05) is 11.8 Å². The maximum atomic E-state index is 5.02. The third-order valence-electron chi connectivity index (χ3n) is 2.09. The molecular formula is C10H21N5OS. The molecule has 0 amide bonds. The predicted molar refractivity (Wildman–Crippen MR) is 73.5 cm³/mol. The molecule has 1 unspecified atom stereocenters. The highest BCUT2D eigenvalue weighted by molar-refractivity contribution is 7.99. The van der Waals surface area contributed by atoms with Crippen LogP contribution in [0, 0.1) is 0 Å². The van der Waals surface area contributed by atoms with Crippen molar-refractivity contribution in [2.75, 3.05) is 26.5 Å². The van der Waals surface area contributed by atoms with Gasteiger partial charge in [0.05, 0.1) is 12.9 Å². The van der Waals surface area contributed by atoms with E-state index in [0.29, 0.717) is 6.61 Å². The topological polar surface area (TPSA) is 70.0 Å². The standard InChI is InChI=1S/C10H21N5OS/c1-8(2)14-9-11-7-13-10(15-9,17-4)12-5-6-16-3/h7-8,12H,5-6H2,1-4H3,(H2,11,13,14,15). The minimum Gasteiger partial charge on any atom is -0.383 e. The maximum absolute atomic E-state index is 5.02. The molecule has 0 bridgehead atoms. The Balaban J connectivity index is 2.65. The SMILES string of the molecule is COCCNC1(SC)N=CNC(=NC(C)C)N1. The summed E-state index contributed by atoms with van der Waals surface area (Å²) in [7, 11) is 1.68. The lowest BCUT2D eigenvalue weighted by Crippen LogP contribution is -2.61. The molecule has 1 aliphatic rings. The summed E-state index contributed by atoms with van der Waals surface area (Å²) in [5.41, 5.74) is 0. The molecule has 3 N–H and O–H groups in total. The minimum absolute atomic E-state index is 0.232. The highest BCUT2D eigenvalue weighted by Crippen LogP contribution is 2.18. The Bertz CT molecular complexity index is 294. The number of nitrogens with one attached hydrogen (secondary N) is 3. The zero-order valence-corrected chi connectivity index (χ0v) is 11.6. The summed E-state index contributed by atoms with van der Waals surface area (Å²) in [6.07, 6.45) is 3.65. The molecule has 1 atom stereocenters. The molecule has 0 fully saturated rings. The normalized spacial score (nSPS) is 26.1. The molecule has 0 spiro atoms. The van der Waals surface area contributed by atoms with Crippen molar-refractivity contribution in [1.82, 2.24) is 16.0 Å². The van der Waals surface area contributed by atoms with Crippen molar-refractivity contribution in [2.24, 2.45) is 9.98 Å². The van der Waals surface area contributed by atoms with Gasteiger partial charge >= 0.3 is 0 Å². The molecule has 1 aliphatic heterocycles. The van der Waals surface area contributed by atoms with Gasteiger partial charge in [0.2, 0.25) is 5.12 Å². The number of hydrogen-bond acceptors (Lipinski definition) is 5. The van der Waals surface area contributed by atoms with Crippen LogP contribution < -0.4 is 16.0 Å². The van der Waals surface area contributed by atoms with Gasteiger partial charge in [0.15, 0.2) is 5.96 Å². The van der Waals surface area contributed by atoms with Gasteiger partial charge in [-0.2, -0.15) is 0 Å². The van der Waals surface area contributed by atoms with Crippen molar-refractivity contribution in [1.29, 1.82) is 0 Å². The Morgan fingerprint density at radius 1 is 1.65 bits per heavy atom. The number of nitrogens with zero attached hydrogens (tertiary/aromatic N) is 2. The molecular weight excluding hydrogens is 238 g/mol. The Morgan fingerprint density at radius 2 is 2.41 bits per heavy atom. The van der Waals surface area contributed by atoms with Crippen LogP contribution in [0.5, 0.6) is 0 Å².